The van der Waals surface area contributed by atoms with Gasteiger partial charge in [-0.2, -0.15) is 0 Å². The molecule has 3 aromatic carbocycles. The maximum atomic E-state index is 15.4. The molecule has 8 heteroatoms. The molecule has 1 fully saturated rings. The minimum Gasteiger partial charge on any atom is -0.381 e. The molecular weight excluding hydrogens is 504 g/mol. The third-order valence-electron chi connectivity index (χ3n) is 7.06. The van der Waals surface area contributed by atoms with Crippen molar-refractivity contribution in [2.75, 3.05) is 18.5 Å². The van der Waals surface area contributed by atoms with Gasteiger partial charge >= 0.3 is 0 Å². The first kappa shape index (κ1) is 24.6. The van der Waals surface area contributed by atoms with Crippen LogP contribution < -0.4 is 5.32 Å². The van der Waals surface area contributed by atoms with Crippen molar-refractivity contribution in [1.82, 2.24) is 9.97 Å². The number of nitrogens with one attached hydrogen (secondary N) is 1. The lowest BCUT2D eigenvalue weighted by atomic mass is 9.89. The van der Waals surface area contributed by atoms with Crippen LogP contribution in [-0.2, 0) is 4.74 Å². The molecule has 0 bridgehead atoms. The van der Waals surface area contributed by atoms with Crippen molar-refractivity contribution in [3.05, 3.63) is 83.5 Å². The molecule has 0 saturated carbocycles. The molecule has 1 saturated heterocycles. The predicted molar refractivity (Wildman–Crippen MR) is 147 cm³/mol. The Bertz CT molecular complexity index is 1640. The minimum absolute atomic E-state index is 0.0901. The molecule has 0 amide bonds. The molecule has 0 radical (unpaired) electrons. The van der Waals surface area contributed by atoms with Crippen molar-refractivity contribution < 1.29 is 18.3 Å². The van der Waals surface area contributed by atoms with Gasteiger partial charge in [0.1, 0.15) is 11.6 Å². The zero-order valence-electron chi connectivity index (χ0n) is 20.5. The largest absolute Gasteiger partial charge is 0.381 e. The number of rotatable bonds is 5. The lowest BCUT2D eigenvalue weighted by molar-refractivity contribution is 0.0753. The van der Waals surface area contributed by atoms with Gasteiger partial charge in [-0.25, -0.2) is 13.8 Å². The number of halogens is 2. The molecule has 0 spiro atoms. The van der Waals surface area contributed by atoms with E-state index in [2.05, 4.69) is 15.3 Å². The summed E-state index contributed by atoms with van der Waals surface area (Å²) in [6.45, 7) is 1.25. The van der Waals surface area contributed by atoms with Crippen LogP contribution in [-0.4, -0.2) is 29.0 Å². The average molecular weight is 530 g/mol. The molecular formula is C30H25F2N3O2S. The van der Waals surface area contributed by atoms with E-state index in [0.29, 0.717) is 35.2 Å². The number of aromatic nitrogens is 2. The number of carbonyl (C=O) groups excluding carboxylic acids is 1. The van der Waals surface area contributed by atoms with E-state index >= 15 is 8.78 Å². The maximum absolute atomic E-state index is 15.4. The monoisotopic (exact) mass is 529 g/mol. The van der Waals surface area contributed by atoms with E-state index in [1.165, 1.54) is 18.2 Å². The predicted octanol–water partition coefficient (Wildman–Crippen LogP) is 7.92. The molecule has 6 rings (SSSR count). The number of hydrogen-bond acceptors (Lipinski definition) is 6. The zero-order chi connectivity index (χ0) is 26.1. The van der Waals surface area contributed by atoms with Crippen LogP contribution in [0.3, 0.4) is 0 Å². The van der Waals surface area contributed by atoms with E-state index in [1.54, 1.807) is 41.2 Å². The first-order valence-electron chi connectivity index (χ1n) is 12.7. The molecule has 192 valence electrons. The second kappa shape index (κ2) is 10.6. The van der Waals surface area contributed by atoms with Gasteiger partial charge in [-0.05, 0) is 55.7 Å². The van der Waals surface area contributed by atoms with Crippen LogP contribution >= 0.6 is 11.3 Å². The molecule has 0 aliphatic carbocycles. The van der Waals surface area contributed by atoms with Crippen LogP contribution in [0.4, 0.5) is 20.2 Å². The molecule has 5 aromatic rings. The average Bonchev–Trinajstić information content (AvgIpc) is 3.36. The third-order valence-corrected chi connectivity index (χ3v) is 7.87. The summed E-state index contributed by atoms with van der Waals surface area (Å²) in [7, 11) is 0. The fraction of sp³-hybridized carbons (Fsp3) is 0.233. The first-order chi connectivity index (χ1) is 18.6. The van der Waals surface area contributed by atoms with Crippen molar-refractivity contribution in [3.8, 4) is 11.1 Å². The van der Waals surface area contributed by atoms with Gasteiger partial charge in [0.15, 0.2) is 5.78 Å². The second-order valence-corrected chi connectivity index (χ2v) is 10.4. The fourth-order valence-electron chi connectivity index (χ4n) is 5.03. The van der Waals surface area contributed by atoms with Crippen LogP contribution in [0.5, 0.6) is 0 Å². The van der Waals surface area contributed by atoms with Crippen LogP contribution in [0.2, 0.25) is 0 Å². The highest BCUT2D eigenvalue weighted by Crippen LogP contribution is 2.34. The van der Waals surface area contributed by atoms with Gasteiger partial charge in [0.05, 0.1) is 21.2 Å². The van der Waals surface area contributed by atoms with Gasteiger partial charge < -0.3 is 10.1 Å². The molecule has 2 aromatic heterocycles. The third kappa shape index (κ3) is 4.89. The first-order valence-corrected chi connectivity index (χ1v) is 13.6. The van der Waals surface area contributed by atoms with E-state index in [9.17, 15) is 4.79 Å². The number of fused-ring (bicyclic) bond motifs is 2. The summed E-state index contributed by atoms with van der Waals surface area (Å²) in [6.07, 6.45) is 4.82. The summed E-state index contributed by atoms with van der Waals surface area (Å²) in [5.41, 5.74) is 5.18. The van der Waals surface area contributed by atoms with Crippen LogP contribution in [0.15, 0.2) is 66.3 Å². The van der Waals surface area contributed by atoms with Crippen molar-refractivity contribution in [2.24, 2.45) is 5.92 Å². The topological polar surface area (TPSA) is 64.1 Å². The number of Topliss-reactive ketones (excluding diaryl/α,β-unsaturated/α-hetero) is 1. The SMILES string of the molecule is O=C(c1ccc(-c2cc3c(Nc4ccc5scnc5c4)ccnc3cc2F)c(F)c1)C1CCCCOCC1. The maximum Gasteiger partial charge on any atom is 0.166 e. The lowest BCUT2D eigenvalue weighted by Gasteiger charge is -2.19. The van der Waals surface area contributed by atoms with Crippen molar-refractivity contribution >= 4 is 49.6 Å². The van der Waals surface area contributed by atoms with E-state index in [0.717, 1.165) is 41.8 Å². The van der Waals surface area contributed by atoms with E-state index in [4.69, 9.17) is 4.74 Å². The number of anilines is 2. The molecule has 5 nitrogen and oxygen atoms in total. The Morgan fingerprint density at radius 3 is 2.68 bits per heavy atom. The van der Waals surface area contributed by atoms with Gasteiger partial charge in [-0.3, -0.25) is 9.78 Å². The smallest absolute Gasteiger partial charge is 0.166 e. The normalized spacial score (nSPS) is 16.3. The summed E-state index contributed by atoms with van der Waals surface area (Å²) in [5.74, 6) is -1.50. The zero-order valence-corrected chi connectivity index (χ0v) is 21.4. The summed E-state index contributed by atoms with van der Waals surface area (Å²) < 4.78 is 37.2. The van der Waals surface area contributed by atoms with Gasteiger partial charge in [-0.1, -0.05) is 18.6 Å². The second-order valence-electron chi connectivity index (χ2n) is 9.52. The number of nitrogens with zero attached hydrogens (tertiary/aromatic N) is 2. The Morgan fingerprint density at radius 2 is 1.79 bits per heavy atom. The van der Waals surface area contributed by atoms with Crippen molar-refractivity contribution in [2.45, 2.75) is 25.7 Å². The molecule has 1 unspecified atom stereocenters. The van der Waals surface area contributed by atoms with E-state index in [-0.39, 0.29) is 22.8 Å². The standard InChI is InChI=1S/C30H25F2N3O2S/c31-24-13-19(30(36)18-3-1-2-11-37-12-9-18)4-6-21(24)22-15-23-26(8-10-33-27(23)16-25(22)32)35-20-5-7-29-28(14-20)34-17-38-29/h4-8,10,13-18H,1-3,9,11-12H2,(H,33,35). The Hall–Kier alpha value is -3.75. The van der Waals surface area contributed by atoms with Gasteiger partial charge in [0.2, 0.25) is 0 Å². The summed E-state index contributed by atoms with van der Waals surface area (Å²) >= 11 is 1.57. The lowest BCUT2D eigenvalue weighted by Crippen LogP contribution is -2.19. The van der Waals surface area contributed by atoms with Crippen LogP contribution in [0.25, 0.3) is 32.2 Å². The summed E-state index contributed by atoms with van der Waals surface area (Å²) in [5, 5.41) is 4.01. The number of ketones is 1. The highest BCUT2D eigenvalue weighted by molar-refractivity contribution is 7.16. The number of thiazole rings is 1. The van der Waals surface area contributed by atoms with Gasteiger partial charge in [-0.15, -0.1) is 11.3 Å². The number of carbonyl (C=O) groups is 1. The number of benzene rings is 3. The van der Waals surface area contributed by atoms with Gasteiger partial charge in [0, 0.05) is 64.8 Å². The molecule has 38 heavy (non-hydrogen) atoms. The Balaban J connectivity index is 1.33. The fourth-order valence-corrected chi connectivity index (χ4v) is 5.68. The minimum atomic E-state index is -0.636. The van der Waals surface area contributed by atoms with Crippen LogP contribution in [0.1, 0.15) is 36.0 Å². The van der Waals surface area contributed by atoms with Crippen LogP contribution in [0, 0.1) is 17.6 Å². The molecule has 1 atom stereocenters. The summed E-state index contributed by atoms with van der Waals surface area (Å²) in [4.78, 5) is 21.7. The Labute approximate surface area is 222 Å². The Morgan fingerprint density at radius 1 is 0.895 bits per heavy atom. The number of ether oxygens (including phenoxy) is 1. The van der Waals surface area contributed by atoms with Gasteiger partial charge in [0.25, 0.3) is 0 Å². The number of pyridine rings is 1. The molecule has 1 aliphatic heterocycles. The van der Waals surface area contributed by atoms with E-state index in [1.807, 2.05) is 18.2 Å². The van der Waals surface area contributed by atoms with Crippen molar-refractivity contribution in [3.63, 3.8) is 0 Å². The highest BCUT2D eigenvalue weighted by Gasteiger charge is 2.23. The molecule has 1 aliphatic rings. The van der Waals surface area contributed by atoms with Crippen molar-refractivity contribution in [1.29, 1.82) is 0 Å². The number of hydrogen-bond donors (Lipinski definition) is 1. The summed E-state index contributed by atoms with van der Waals surface area (Å²) in [6, 6.07) is 14.9. The quantitative estimate of drug-likeness (QED) is 0.234. The molecule has 3 heterocycles. The molecule has 1 N–H and O–H groups in total. The highest BCUT2D eigenvalue weighted by atomic mass is 32.1. The Kier molecular flexibility index (Phi) is 6.82. The van der Waals surface area contributed by atoms with E-state index < -0.39 is 11.6 Å².